The number of hydrogen-bond acceptors (Lipinski definition) is 5. The van der Waals surface area contributed by atoms with Gasteiger partial charge in [0.05, 0.1) is 14.2 Å². The Bertz CT molecular complexity index is 960. The molecule has 0 N–H and O–H groups in total. The van der Waals surface area contributed by atoms with Gasteiger partial charge in [-0.3, -0.25) is 0 Å². The van der Waals surface area contributed by atoms with Crippen molar-refractivity contribution < 1.29 is 14.3 Å². The lowest BCUT2D eigenvalue weighted by Gasteiger charge is -2.27. The maximum atomic E-state index is 6.11. The summed E-state index contributed by atoms with van der Waals surface area (Å²) < 4.78 is 10.9. The lowest BCUT2D eigenvalue weighted by atomic mass is 10.00. The molecule has 1 heterocycles. The molecular weight excluding hydrogens is 358 g/mol. The van der Waals surface area contributed by atoms with Crippen LogP contribution >= 0.6 is 11.8 Å². The molecule has 1 aliphatic rings. The van der Waals surface area contributed by atoms with E-state index in [2.05, 4.69) is 5.16 Å². The van der Waals surface area contributed by atoms with Gasteiger partial charge in [0.15, 0.2) is 11.5 Å². The van der Waals surface area contributed by atoms with Crippen LogP contribution in [0.5, 0.6) is 11.5 Å². The maximum absolute atomic E-state index is 6.11. The number of nitrogens with zero attached hydrogens (tertiary/aromatic N) is 1. The van der Waals surface area contributed by atoms with Gasteiger partial charge in [0.2, 0.25) is 4.93 Å². The molecule has 1 atom stereocenters. The van der Waals surface area contributed by atoms with E-state index < -0.39 is 4.93 Å². The van der Waals surface area contributed by atoms with Gasteiger partial charge in [-0.2, -0.15) is 0 Å². The highest BCUT2D eigenvalue weighted by atomic mass is 32.2. The summed E-state index contributed by atoms with van der Waals surface area (Å²) in [4.78, 5) is 5.32. The molecule has 0 amide bonds. The van der Waals surface area contributed by atoms with Crippen LogP contribution in [0, 0.1) is 0 Å². The summed E-state index contributed by atoms with van der Waals surface area (Å²) in [7, 11) is 3.26. The molecule has 0 spiro atoms. The minimum atomic E-state index is -0.786. The van der Waals surface area contributed by atoms with Gasteiger partial charge in [-0.05, 0) is 30.0 Å². The monoisotopic (exact) mass is 377 g/mol. The average molecular weight is 377 g/mol. The minimum Gasteiger partial charge on any atom is -0.493 e. The molecule has 27 heavy (non-hydrogen) atoms. The van der Waals surface area contributed by atoms with Crippen molar-refractivity contribution in [1.82, 2.24) is 0 Å². The summed E-state index contributed by atoms with van der Waals surface area (Å²) in [5.74, 6) is 1.33. The molecule has 0 aliphatic carbocycles. The molecule has 4 nitrogen and oxygen atoms in total. The van der Waals surface area contributed by atoms with Crippen LogP contribution in [0.3, 0.4) is 0 Å². The second-order valence-electron chi connectivity index (χ2n) is 6.01. The van der Waals surface area contributed by atoms with Crippen molar-refractivity contribution in [3.8, 4) is 11.5 Å². The Labute approximate surface area is 162 Å². The molecular formula is C22H19NO3S. The number of hydrogen-bond donors (Lipinski definition) is 0. The summed E-state index contributed by atoms with van der Waals surface area (Å²) in [6.45, 7) is 0. The topological polar surface area (TPSA) is 40.0 Å². The molecule has 0 bridgehead atoms. The van der Waals surface area contributed by atoms with Crippen LogP contribution in [0.2, 0.25) is 0 Å². The standard InChI is InChI=1S/C22H19NO3S/c1-24-19-14-13-18(15-20(19)25-2)22(17-11-7-4-8-12-17)26-23-21(27-22)16-9-5-3-6-10-16/h3-15H,1-2H3/t22-/m0/s1. The molecule has 0 aromatic heterocycles. The van der Waals surface area contributed by atoms with Crippen molar-refractivity contribution in [2.75, 3.05) is 14.2 Å². The van der Waals surface area contributed by atoms with Crippen LogP contribution in [-0.4, -0.2) is 19.3 Å². The molecule has 136 valence electrons. The third-order valence-corrected chi connectivity index (χ3v) is 5.77. The van der Waals surface area contributed by atoms with Crippen molar-refractivity contribution in [3.63, 3.8) is 0 Å². The van der Waals surface area contributed by atoms with E-state index in [0.717, 1.165) is 21.7 Å². The first-order chi connectivity index (χ1) is 13.3. The zero-order valence-electron chi connectivity index (χ0n) is 15.1. The smallest absolute Gasteiger partial charge is 0.239 e. The Kier molecular flexibility index (Phi) is 4.77. The SMILES string of the molecule is COc1ccc([C@@]2(c3ccccc3)ON=C(c3ccccc3)S2)cc1OC. The summed E-state index contributed by atoms with van der Waals surface area (Å²) in [6.07, 6.45) is 0. The summed E-state index contributed by atoms with van der Waals surface area (Å²) in [6, 6.07) is 26.0. The van der Waals surface area contributed by atoms with Gasteiger partial charge < -0.3 is 14.3 Å². The van der Waals surface area contributed by atoms with E-state index in [1.807, 2.05) is 78.9 Å². The number of benzene rings is 3. The lowest BCUT2D eigenvalue weighted by Crippen LogP contribution is -2.23. The van der Waals surface area contributed by atoms with E-state index in [1.165, 1.54) is 0 Å². The Morgan fingerprint density at radius 2 is 1.44 bits per heavy atom. The van der Waals surface area contributed by atoms with Crippen LogP contribution < -0.4 is 9.47 Å². The Morgan fingerprint density at radius 3 is 2.11 bits per heavy atom. The van der Waals surface area contributed by atoms with E-state index >= 15 is 0 Å². The Hall–Kier alpha value is -2.92. The molecule has 3 aromatic carbocycles. The zero-order chi connectivity index (χ0) is 18.7. The zero-order valence-corrected chi connectivity index (χ0v) is 15.9. The van der Waals surface area contributed by atoms with Crippen LogP contribution in [0.15, 0.2) is 84.0 Å². The third-order valence-electron chi connectivity index (χ3n) is 4.44. The highest BCUT2D eigenvalue weighted by Gasteiger charge is 2.44. The van der Waals surface area contributed by atoms with Crippen LogP contribution in [0.1, 0.15) is 16.7 Å². The van der Waals surface area contributed by atoms with Crippen molar-refractivity contribution in [3.05, 3.63) is 95.6 Å². The predicted molar refractivity (Wildman–Crippen MR) is 108 cm³/mol. The second kappa shape index (κ2) is 7.37. The fourth-order valence-electron chi connectivity index (χ4n) is 3.06. The van der Waals surface area contributed by atoms with E-state index in [0.29, 0.717) is 11.5 Å². The van der Waals surface area contributed by atoms with Crippen molar-refractivity contribution in [2.24, 2.45) is 5.16 Å². The lowest BCUT2D eigenvalue weighted by molar-refractivity contribution is 0.0664. The quantitative estimate of drug-likeness (QED) is 0.625. The summed E-state index contributed by atoms with van der Waals surface area (Å²) in [5, 5.41) is 5.26. The van der Waals surface area contributed by atoms with Gasteiger partial charge in [-0.1, -0.05) is 65.8 Å². The van der Waals surface area contributed by atoms with Gasteiger partial charge in [-0.15, -0.1) is 0 Å². The highest BCUT2D eigenvalue weighted by Crippen LogP contribution is 2.51. The molecule has 0 radical (unpaired) electrons. The van der Waals surface area contributed by atoms with Crippen molar-refractivity contribution in [1.29, 1.82) is 0 Å². The Balaban J connectivity index is 1.81. The third kappa shape index (κ3) is 3.15. The molecule has 0 fully saturated rings. The number of ether oxygens (including phenoxy) is 2. The number of thioether (sulfide) groups is 1. The van der Waals surface area contributed by atoms with E-state index in [9.17, 15) is 0 Å². The predicted octanol–water partition coefficient (Wildman–Crippen LogP) is 5.03. The number of rotatable bonds is 5. The average Bonchev–Trinajstić information content (AvgIpc) is 3.21. The number of methoxy groups -OCH3 is 2. The van der Waals surface area contributed by atoms with Gasteiger partial charge in [0.25, 0.3) is 0 Å². The summed E-state index contributed by atoms with van der Waals surface area (Å²) >= 11 is 1.58. The van der Waals surface area contributed by atoms with Crippen LogP contribution in [0.4, 0.5) is 0 Å². The molecule has 1 aliphatic heterocycles. The first-order valence-corrected chi connectivity index (χ1v) is 9.37. The van der Waals surface area contributed by atoms with E-state index in [4.69, 9.17) is 14.3 Å². The molecule has 0 saturated heterocycles. The van der Waals surface area contributed by atoms with Crippen molar-refractivity contribution >= 4 is 16.8 Å². The van der Waals surface area contributed by atoms with Crippen molar-refractivity contribution in [2.45, 2.75) is 4.93 Å². The maximum Gasteiger partial charge on any atom is 0.239 e. The summed E-state index contributed by atoms with van der Waals surface area (Å²) in [5.41, 5.74) is 2.98. The first kappa shape index (κ1) is 17.5. The van der Waals surface area contributed by atoms with Gasteiger partial charge in [0, 0.05) is 16.7 Å². The van der Waals surface area contributed by atoms with Gasteiger partial charge in [0.1, 0.15) is 5.04 Å². The van der Waals surface area contributed by atoms with Gasteiger partial charge >= 0.3 is 0 Å². The second-order valence-corrected chi connectivity index (χ2v) is 7.17. The largest absolute Gasteiger partial charge is 0.493 e. The van der Waals surface area contributed by atoms with Crippen LogP contribution in [0.25, 0.3) is 0 Å². The molecule has 3 aromatic rings. The van der Waals surface area contributed by atoms with E-state index in [-0.39, 0.29) is 0 Å². The van der Waals surface area contributed by atoms with Gasteiger partial charge in [-0.25, -0.2) is 0 Å². The fraction of sp³-hybridized carbons (Fsp3) is 0.136. The first-order valence-electron chi connectivity index (χ1n) is 8.55. The molecule has 0 unspecified atom stereocenters. The molecule has 0 saturated carbocycles. The molecule has 4 rings (SSSR count). The van der Waals surface area contributed by atoms with E-state index in [1.54, 1.807) is 26.0 Å². The normalized spacial score (nSPS) is 18.5. The fourth-order valence-corrected chi connectivity index (χ4v) is 4.23. The number of oxime groups is 1. The minimum absolute atomic E-state index is 0.655. The van der Waals surface area contributed by atoms with Crippen LogP contribution in [-0.2, 0) is 9.77 Å². The Morgan fingerprint density at radius 1 is 0.778 bits per heavy atom. The highest BCUT2D eigenvalue weighted by molar-refractivity contribution is 8.15. The molecule has 5 heteroatoms.